The summed E-state index contributed by atoms with van der Waals surface area (Å²) in [6.45, 7) is 0.743. The summed E-state index contributed by atoms with van der Waals surface area (Å²) in [7, 11) is 1.60. The molecule has 0 radical (unpaired) electrons. The molecule has 1 aromatic carbocycles. The smallest absolute Gasteiger partial charge is 0.252 e. The van der Waals surface area contributed by atoms with Gasteiger partial charge in [-0.05, 0) is 52.7 Å². The van der Waals surface area contributed by atoms with E-state index in [9.17, 15) is 4.79 Å². The van der Waals surface area contributed by atoms with Crippen LogP contribution in [0.25, 0.3) is 0 Å². The molecule has 0 bridgehead atoms. The fourth-order valence-corrected chi connectivity index (χ4v) is 3.74. The quantitative estimate of drug-likeness (QED) is 0.909. The van der Waals surface area contributed by atoms with Crippen LogP contribution in [-0.2, 0) is 0 Å². The van der Waals surface area contributed by atoms with Crippen LogP contribution in [0.4, 0.5) is 0 Å². The molecule has 5 heteroatoms. The Morgan fingerprint density at radius 2 is 2.37 bits per heavy atom. The van der Waals surface area contributed by atoms with Crippen molar-refractivity contribution in [3.05, 3.63) is 28.2 Å². The van der Waals surface area contributed by atoms with Crippen molar-refractivity contribution < 1.29 is 9.53 Å². The van der Waals surface area contributed by atoms with E-state index in [-0.39, 0.29) is 5.91 Å². The van der Waals surface area contributed by atoms with Gasteiger partial charge in [-0.25, -0.2) is 0 Å². The summed E-state index contributed by atoms with van der Waals surface area (Å²) >= 11 is 5.37. The third kappa shape index (κ3) is 4.14. The van der Waals surface area contributed by atoms with E-state index in [4.69, 9.17) is 4.74 Å². The second-order valence-corrected chi connectivity index (χ2v) is 6.81. The fraction of sp³-hybridized carbons (Fsp3) is 0.500. The molecule has 1 N–H and O–H groups in total. The van der Waals surface area contributed by atoms with Crippen LogP contribution in [0.2, 0.25) is 0 Å². The summed E-state index contributed by atoms with van der Waals surface area (Å²) in [4.78, 5) is 12.2. The van der Waals surface area contributed by atoms with Crippen molar-refractivity contribution in [2.75, 3.05) is 19.4 Å². The van der Waals surface area contributed by atoms with E-state index in [0.717, 1.165) is 11.0 Å². The van der Waals surface area contributed by atoms with Gasteiger partial charge < -0.3 is 10.1 Å². The lowest BCUT2D eigenvalue weighted by Crippen LogP contribution is -2.32. The third-order valence-corrected chi connectivity index (χ3v) is 5.27. The molecule has 1 heterocycles. The summed E-state index contributed by atoms with van der Waals surface area (Å²) in [6, 6.07) is 5.42. The molecule has 1 aliphatic rings. The minimum Gasteiger partial charge on any atom is -0.497 e. The number of hydrogen-bond acceptors (Lipinski definition) is 3. The summed E-state index contributed by atoms with van der Waals surface area (Å²) in [5.41, 5.74) is 0.625. The highest BCUT2D eigenvalue weighted by atomic mass is 79.9. The Morgan fingerprint density at radius 3 is 3.05 bits per heavy atom. The van der Waals surface area contributed by atoms with Crippen molar-refractivity contribution >= 4 is 33.6 Å². The molecule has 1 atom stereocenters. The molecule has 1 aromatic rings. The Hall–Kier alpha value is -0.680. The zero-order valence-corrected chi connectivity index (χ0v) is 13.4. The molecule has 1 saturated heterocycles. The number of carbonyl (C=O) groups is 1. The molecule has 1 unspecified atom stereocenters. The maximum Gasteiger partial charge on any atom is 0.252 e. The monoisotopic (exact) mass is 343 g/mol. The van der Waals surface area contributed by atoms with Crippen LogP contribution in [0.15, 0.2) is 22.7 Å². The molecule has 0 aliphatic carbocycles. The van der Waals surface area contributed by atoms with Gasteiger partial charge in [-0.2, -0.15) is 11.8 Å². The van der Waals surface area contributed by atoms with Crippen LogP contribution >= 0.6 is 27.7 Å². The number of rotatable bonds is 4. The van der Waals surface area contributed by atoms with E-state index >= 15 is 0 Å². The van der Waals surface area contributed by atoms with E-state index in [0.29, 0.717) is 16.6 Å². The number of halogens is 1. The van der Waals surface area contributed by atoms with Gasteiger partial charge in [0.05, 0.1) is 12.7 Å². The van der Waals surface area contributed by atoms with Crippen molar-refractivity contribution in [3.8, 4) is 5.75 Å². The van der Waals surface area contributed by atoms with Crippen LogP contribution in [0.5, 0.6) is 5.75 Å². The Labute approximate surface area is 126 Å². The predicted octanol–water partition coefficient (Wildman–Crippen LogP) is 3.47. The molecule has 1 aliphatic heterocycles. The largest absolute Gasteiger partial charge is 0.497 e. The summed E-state index contributed by atoms with van der Waals surface area (Å²) in [5, 5.41) is 3.57. The van der Waals surface area contributed by atoms with Gasteiger partial charge in [-0.3, -0.25) is 4.79 Å². The number of nitrogens with one attached hydrogen (secondary N) is 1. The van der Waals surface area contributed by atoms with Crippen LogP contribution < -0.4 is 10.1 Å². The topological polar surface area (TPSA) is 38.3 Å². The first-order valence-electron chi connectivity index (χ1n) is 6.44. The Bertz CT molecular complexity index is 447. The predicted molar refractivity (Wildman–Crippen MR) is 83.1 cm³/mol. The number of carbonyl (C=O) groups excluding carboxylic acids is 1. The van der Waals surface area contributed by atoms with Gasteiger partial charge in [0.25, 0.3) is 5.91 Å². The first-order chi connectivity index (χ1) is 9.20. The summed E-state index contributed by atoms with van der Waals surface area (Å²) < 4.78 is 5.94. The Kier molecular flexibility index (Phi) is 5.58. The molecule has 19 heavy (non-hydrogen) atoms. The van der Waals surface area contributed by atoms with Crippen molar-refractivity contribution in [1.29, 1.82) is 0 Å². The third-order valence-electron chi connectivity index (χ3n) is 3.18. The summed E-state index contributed by atoms with van der Waals surface area (Å²) in [5.74, 6) is 1.86. The van der Waals surface area contributed by atoms with E-state index in [2.05, 4.69) is 21.2 Å². The van der Waals surface area contributed by atoms with Crippen molar-refractivity contribution in [3.63, 3.8) is 0 Å². The van der Waals surface area contributed by atoms with E-state index in [1.165, 1.54) is 25.0 Å². The van der Waals surface area contributed by atoms with Crippen molar-refractivity contribution in [2.24, 2.45) is 0 Å². The van der Waals surface area contributed by atoms with Crippen LogP contribution in [-0.4, -0.2) is 30.6 Å². The highest BCUT2D eigenvalue weighted by Crippen LogP contribution is 2.25. The first kappa shape index (κ1) is 14.7. The number of thioether (sulfide) groups is 1. The molecule has 0 aromatic heterocycles. The standard InChI is InChI=1S/C14H18BrNO2S/c1-18-10-5-6-13(15)12(8-10)14(17)16-9-11-4-2-3-7-19-11/h5-6,8,11H,2-4,7,9H2,1H3,(H,16,17). The molecule has 104 valence electrons. The molecule has 0 saturated carbocycles. The Balaban J connectivity index is 1.95. The van der Waals surface area contributed by atoms with Gasteiger partial charge in [-0.15, -0.1) is 0 Å². The molecule has 0 spiro atoms. The van der Waals surface area contributed by atoms with Gasteiger partial charge in [0.1, 0.15) is 5.75 Å². The van der Waals surface area contributed by atoms with Gasteiger partial charge in [-0.1, -0.05) is 6.42 Å². The molecule has 1 amide bonds. The van der Waals surface area contributed by atoms with Crippen molar-refractivity contribution in [2.45, 2.75) is 24.5 Å². The second kappa shape index (κ2) is 7.20. The maximum atomic E-state index is 12.2. The molecule has 1 fully saturated rings. The van der Waals surface area contributed by atoms with Gasteiger partial charge in [0, 0.05) is 16.3 Å². The van der Waals surface area contributed by atoms with E-state index in [1.54, 1.807) is 13.2 Å². The lowest BCUT2D eigenvalue weighted by Gasteiger charge is -2.21. The SMILES string of the molecule is COc1ccc(Br)c(C(=O)NCC2CCCCS2)c1. The van der Waals surface area contributed by atoms with Crippen LogP contribution in [0, 0.1) is 0 Å². The minimum absolute atomic E-state index is 0.0445. The van der Waals surface area contributed by atoms with Crippen LogP contribution in [0.3, 0.4) is 0 Å². The van der Waals surface area contributed by atoms with Crippen LogP contribution in [0.1, 0.15) is 29.6 Å². The van der Waals surface area contributed by atoms with E-state index in [1.807, 2.05) is 23.9 Å². The van der Waals surface area contributed by atoms with E-state index < -0.39 is 0 Å². The Morgan fingerprint density at radius 1 is 1.53 bits per heavy atom. The number of ether oxygens (including phenoxy) is 1. The number of benzene rings is 1. The van der Waals surface area contributed by atoms with Gasteiger partial charge in [0.2, 0.25) is 0 Å². The number of hydrogen-bond donors (Lipinski definition) is 1. The highest BCUT2D eigenvalue weighted by Gasteiger charge is 2.16. The minimum atomic E-state index is -0.0445. The second-order valence-electron chi connectivity index (χ2n) is 4.54. The average molecular weight is 344 g/mol. The molecule has 3 nitrogen and oxygen atoms in total. The van der Waals surface area contributed by atoms with Gasteiger partial charge >= 0.3 is 0 Å². The molecular weight excluding hydrogens is 326 g/mol. The lowest BCUT2D eigenvalue weighted by atomic mass is 10.1. The normalized spacial score (nSPS) is 18.9. The first-order valence-corrected chi connectivity index (χ1v) is 8.28. The van der Waals surface area contributed by atoms with Gasteiger partial charge in [0.15, 0.2) is 0 Å². The zero-order chi connectivity index (χ0) is 13.7. The lowest BCUT2D eigenvalue weighted by molar-refractivity contribution is 0.0952. The maximum absolute atomic E-state index is 12.2. The highest BCUT2D eigenvalue weighted by molar-refractivity contribution is 9.10. The average Bonchev–Trinajstić information content (AvgIpc) is 2.46. The zero-order valence-electron chi connectivity index (χ0n) is 10.9. The number of amides is 1. The molecule has 2 rings (SSSR count). The summed E-state index contributed by atoms with van der Waals surface area (Å²) in [6.07, 6.45) is 3.77. The number of methoxy groups -OCH3 is 1. The fourth-order valence-electron chi connectivity index (χ4n) is 2.08. The molecular formula is C14H18BrNO2S. The van der Waals surface area contributed by atoms with Crippen molar-refractivity contribution in [1.82, 2.24) is 5.32 Å².